The monoisotopic (exact) mass is 386 g/mol. The first kappa shape index (κ1) is 20.1. The number of esters is 3. The van der Waals surface area contributed by atoms with Crippen LogP contribution in [0.15, 0.2) is 18.2 Å². The van der Waals surface area contributed by atoms with Gasteiger partial charge in [-0.3, -0.25) is 4.79 Å². The molecular weight excluding hydrogens is 360 g/mol. The highest BCUT2D eigenvalue weighted by Gasteiger charge is 2.54. The van der Waals surface area contributed by atoms with Gasteiger partial charge in [0.2, 0.25) is 0 Å². The quantitative estimate of drug-likeness (QED) is 0.584. The Kier molecular flexibility index (Phi) is 5.08. The van der Waals surface area contributed by atoms with E-state index in [1.54, 1.807) is 12.1 Å². The van der Waals surface area contributed by atoms with E-state index in [1.165, 1.54) is 21.3 Å². The normalized spacial score (nSPS) is 28.0. The lowest BCUT2D eigenvalue weighted by Gasteiger charge is -2.51. The standard InChI is InChI=1S/C22H26O6/c1-21-9-6-10-22(2,20(25)28-5)17(21)8-7-13-11-14(18(23)26-3)15(12-16(13)21)19(24)27-4/h7-8,11-12,17H,6,9-10H2,1-5H3/t17?,21-,22+/m1/s1. The van der Waals surface area contributed by atoms with Crippen molar-refractivity contribution < 1.29 is 28.6 Å². The Morgan fingerprint density at radius 3 is 2.11 bits per heavy atom. The molecule has 3 rings (SSSR count). The summed E-state index contributed by atoms with van der Waals surface area (Å²) in [5, 5.41) is 0. The summed E-state index contributed by atoms with van der Waals surface area (Å²) in [5.74, 6) is -1.49. The molecule has 6 heteroatoms. The van der Waals surface area contributed by atoms with Crippen LogP contribution in [0.2, 0.25) is 0 Å². The van der Waals surface area contributed by atoms with Crippen LogP contribution in [0.3, 0.4) is 0 Å². The van der Waals surface area contributed by atoms with E-state index in [0.717, 1.165) is 30.4 Å². The lowest BCUT2D eigenvalue weighted by Crippen LogP contribution is -2.51. The van der Waals surface area contributed by atoms with Gasteiger partial charge in [-0.25, -0.2) is 9.59 Å². The lowest BCUT2D eigenvalue weighted by atomic mass is 9.51. The van der Waals surface area contributed by atoms with Crippen molar-refractivity contribution in [2.75, 3.05) is 21.3 Å². The summed E-state index contributed by atoms with van der Waals surface area (Å²) in [6.07, 6.45) is 6.42. The molecule has 0 spiro atoms. The number of rotatable bonds is 3. The topological polar surface area (TPSA) is 78.9 Å². The molecule has 1 unspecified atom stereocenters. The predicted molar refractivity (Wildman–Crippen MR) is 103 cm³/mol. The molecule has 0 heterocycles. The van der Waals surface area contributed by atoms with E-state index < -0.39 is 17.4 Å². The number of hydrogen-bond acceptors (Lipinski definition) is 6. The number of fused-ring (bicyclic) bond motifs is 3. The van der Waals surface area contributed by atoms with E-state index in [-0.39, 0.29) is 28.4 Å². The van der Waals surface area contributed by atoms with Gasteiger partial charge in [0.25, 0.3) is 0 Å². The Balaban J connectivity index is 2.21. The van der Waals surface area contributed by atoms with Crippen molar-refractivity contribution >= 4 is 24.0 Å². The molecule has 0 aromatic heterocycles. The van der Waals surface area contributed by atoms with Gasteiger partial charge in [-0.15, -0.1) is 0 Å². The smallest absolute Gasteiger partial charge is 0.338 e. The van der Waals surface area contributed by atoms with E-state index in [0.29, 0.717) is 0 Å². The number of hydrogen-bond donors (Lipinski definition) is 0. The summed E-state index contributed by atoms with van der Waals surface area (Å²) in [6.45, 7) is 4.06. The maximum Gasteiger partial charge on any atom is 0.338 e. The summed E-state index contributed by atoms with van der Waals surface area (Å²) in [4.78, 5) is 37.2. The number of allylic oxidation sites excluding steroid dienone is 1. The van der Waals surface area contributed by atoms with Gasteiger partial charge in [-0.2, -0.15) is 0 Å². The molecule has 0 bridgehead atoms. The SMILES string of the molecule is COC(=O)c1cc2c(cc1C(=O)OC)[C@@]1(C)CCC[C@](C)(C(=O)OC)C1C=C2. The van der Waals surface area contributed by atoms with Crippen molar-refractivity contribution in [3.8, 4) is 0 Å². The third-order valence-corrected chi connectivity index (χ3v) is 6.50. The van der Waals surface area contributed by atoms with E-state index in [1.807, 2.05) is 19.1 Å². The first-order valence-electron chi connectivity index (χ1n) is 9.34. The first-order valence-corrected chi connectivity index (χ1v) is 9.34. The molecule has 0 N–H and O–H groups in total. The fraction of sp³-hybridized carbons (Fsp3) is 0.500. The molecule has 28 heavy (non-hydrogen) atoms. The Morgan fingerprint density at radius 2 is 1.54 bits per heavy atom. The lowest BCUT2D eigenvalue weighted by molar-refractivity contribution is -0.158. The molecule has 2 aliphatic rings. The summed E-state index contributed by atoms with van der Waals surface area (Å²) < 4.78 is 14.8. The van der Waals surface area contributed by atoms with Crippen molar-refractivity contribution in [3.05, 3.63) is 40.5 Å². The van der Waals surface area contributed by atoms with Crippen LogP contribution in [0, 0.1) is 11.3 Å². The van der Waals surface area contributed by atoms with Crippen LogP contribution in [-0.4, -0.2) is 39.2 Å². The zero-order chi connectivity index (χ0) is 20.7. The zero-order valence-electron chi connectivity index (χ0n) is 17.0. The molecule has 1 aromatic rings. The average molecular weight is 386 g/mol. The second kappa shape index (κ2) is 7.08. The number of methoxy groups -OCH3 is 3. The van der Waals surface area contributed by atoms with Gasteiger partial charge in [0.15, 0.2) is 0 Å². The van der Waals surface area contributed by atoms with E-state index in [2.05, 4.69) is 6.92 Å². The van der Waals surface area contributed by atoms with Crippen molar-refractivity contribution in [3.63, 3.8) is 0 Å². The predicted octanol–water partition coefficient (Wildman–Crippen LogP) is 3.52. The largest absolute Gasteiger partial charge is 0.469 e. The van der Waals surface area contributed by atoms with Gasteiger partial charge in [0, 0.05) is 11.3 Å². The highest BCUT2D eigenvalue weighted by molar-refractivity contribution is 6.04. The number of carbonyl (C=O) groups is 3. The molecule has 0 radical (unpaired) electrons. The molecule has 0 aliphatic heterocycles. The second-order valence-corrected chi connectivity index (χ2v) is 7.99. The molecule has 0 saturated heterocycles. The van der Waals surface area contributed by atoms with Crippen LogP contribution in [0.4, 0.5) is 0 Å². The van der Waals surface area contributed by atoms with Crippen LogP contribution in [-0.2, 0) is 24.4 Å². The molecular formula is C22H26O6. The minimum atomic E-state index is -0.650. The van der Waals surface area contributed by atoms with Gasteiger partial charge in [0.1, 0.15) is 0 Å². The molecule has 3 atom stereocenters. The summed E-state index contributed by atoms with van der Waals surface area (Å²) >= 11 is 0. The fourth-order valence-corrected chi connectivity index (χ4v) is 5.03. The van der Waals surface area contributed by atoms with Gasteiger partial charge in [-0.1, -0.05) is 25.5 Å². The average Bonchev–Trinajstić information content (AvgIpc) is 2.70. The Morgan fingerprint density at radius 1 is 0.929 bits per heavy atom. The second-order valence-electron chi connectivity index (χ2n) is 7.99. The highest BCUT2D eigenvalue weighted by atomic mass is 16.5. The first-order chi connectivity index (χ1) is 13.2. The maximum absolute atomic E-state index is 12.6. The van der Waals surface area contributed by atoms with Crippen LogP contribution >= 0.6 is 0 Å². The minimum Gasteiger partial charge on any atom is -0.469 e. The van der Waals surface area contributed by atoms with Gasteiger partial charge >= 0.3 is 17.9 Å². The third kappa shape index (κ3) is 2.82. The summed E-state index contributed by atoms with van der Waals surface area (Å²) in [5.41, 5.74) is 1.11. The fourth-order valence-electron chi connectivity index (χ4n) is 5.03. The van der Waals surface area contributed by atoms with Gasteiger partial charge in [0.05, 0.1) is 37.9 Å². The van der Waals surface area contributed by atoms with Crippen LogP contribution in [0.5, 0.6) is 0 Å². The number of benzene rings is 1. The van der Waals surface area contributed by atoms with E-state index in [4.69, 9.17) is 14.2 Å². The molecule has 2 aliphatic carbocycles. The van der Waals surface area contributed by atoms with E-state index in [9.17, 15) is 14.4 Å². The Hall–Kier alpha value is -2.63. The van der Waals surface area contributed by atoms with Crippen molar-refractivity contribution in [1.29, 1.82) is 0 Å². The molecule has 150 valence electrons. The minimum absolute atomic E-state index is 0.0804. The van der Waals surface area contributed by atoms with Crippen molar-refractivity contribution in [1.82, 2.24) is 0 Å². The molecule has 6 nitrogen and oxygen atoms in total. The maximum atomic E-state index is 12.6. The Labute approximate surface area is 164 Å². The number of ether oxygens (including phenoxy) is 3. The van der Waals surface area contributed by atoms with Gasteiger partial charge < -0.3 is 14.2 Å². The summed E-state index contributed by atoms with van der Waals surface area (Å²) in [7, 11) is 3.97. The van der Waals surface area contributed by atoms with Gasteiger partial charge in [-0.05, 0) is 43.0 Å². The van der Waals surface area contributed by atoms with Crippen molar-refractivity contribution in [2.24, 2.45) is 11.3 Å². The molecule has 1 fully saturated rings. The van der Waals surface area contributed by atoms with Crippen LogP contribution in [0.25, 0.3) is 6.08 Å². The summed E-state index contributed by atoms with van der Waals surface area (Å²) in [6, 6.07) is 3.41. The van der Waals surface area contributed by atoms with Crippen LogP contribution < -0.4 is 0 Å². The number of carbonyl (C=O) groups excluding carboxylic acids is 3. The molecule has 1 aromatic carbocycles. The molecule has 1 saturated carbocycles. The van der Waals surface area contributed by atoms with Crippen LogP contribution in [0.1, 0.15) is 65.0 Å². The van der Waals surface area contributed by atoms with Crippen molar-refractivity contribution in [2.45, 2.75) is 38.5 Å². The Bertz CT molecular complexity index is 870. The molecule has 0 amide bonds. The highest BCUT2D eigenvalue weighted by Crippen LogP contribution is 2.56. The van der Waals surface area contributed by atoms with E-state index >= 15 is 0 Å². The zero-order valence-corrected chi connectivity index (χ0v) is 17.0. The third-order valence-electron chi connectivity index (χ3n) is 6.50.